The first-order chi connectivity index (χ1) is 15.3. The maximum absolute atomic E-state index is 12.7. The SMILES string of the molecule is O=C(O)CNc1ccc(/C(Cc2ccccc2)=N/OCc2ccc(C(F)(F)F)cc2)cn1. The zero-order chi connectivity index (χ0) is 23.0. The van der Waals surface area contributed by atoms with Crippen LogP contribution in [0, 0.1) is 0 Å². The van der Waals surface area contributed by atoms with E-state index in [2.05, 4.69) is 15.5 Å². The minimum absolute atomic E-state index is 0.00209. The molecule has 1 aromatic heterocycles. The summed E-state index contributed by atoms with van der Waals surface area (Å²) in [4.78, 5) is 20.3. The Morgan fingerprint density at radius 3 is 2.31 bits per heavy atom. The molecule has 0 unspecified atom stereocenters. The zero-order valence-electron chi connectivity index (χ0n) is 16.8. The summed E-state index contributed by atoms with van der Waals surface area (Å²) >= 11 is 0. The standard InChI is InChI=1S/C23H20F3N3O3/c24-23(25,26)19-9-6-17(7-10-19)15-32-29-20(12-16-4-2-1-3-5-16)18-8-11-21(27-13-18)28-14-22(30)31/h1-11,13H,12,14-15H2,(H,27,28)(H,30,31)/b29-20+. The number of hydrogen-bond donors (Lipinski definition) is 2. The van der Waals surface area contributed by atoms with Crippen molar-refractivity contribution in [1.82, 2.24) is 4.98 Å². The number of aromatic nitrogens is 1. The van der Waals surface area contributed by atoms with Crippen molar-refractivity contribution in [3.63, 3.8) is 0 Å². The Balaban J connectivity index is 1.73. The summed E-state index contributed by atoms with van der Waals surface area (Å²) in [6.07, 6.45) is -2.40. The van der Waals surface area contributed by atoms with Gasteiger partial charge >= 0.3 is 12.1 Å². The molecule has 0 aliphatic carbocycles. The Bertz CT molecular complexity index is 1050. The molecule has 0 aliphatic heterocycles. The quantitative estimate of drug-likeness (QED) is 0.368. The van der Waals surface area contributed by atoms with Crippen LogP contribution in [-0.4, -0.2) is 28.3 Å². The molecule has 166 valence electrons. The maximum Gasteiger partial charge on any atom is 0.416 e. The predicted molar refractivity (Wildman–Crippen MR) is 113 cm³/mol. The van der Waals surface area contributed by atoms with E-state index >= 15 is 0 Å². The topological polar surface area (TPSA) is 83.8 Å². The van der Waals surface area contributed by atoms with Gasteiger partial charge in [-0.25, -0.2) is 4.98 Å². The molecule has 0 amide bonds. The minimum atomic E-state index is -4.39. The highest BCUT2D eigenvalue weighted by molar-refractivity contribution is 6.01. The van der Waals surface area contributed by atoms with Crippen LogP contribution in [0.2, 0.25) is 0 Å². The highest BCUT2D eigenvalue weighted by atomic mass is 19.4. The number of halogens is 3. The molecule has 0 saturated carbocycles. The van der Waals surface area contributed by atoms with E-state index in [1.807, 2.05) is 30.3 Å². The lowest BCUT2D eigenvalue weighted by molar-refractivity contribution is -0.137. The van der Waals surface area contributed by atoms with Crippen molar-refractivity contribution in [2.24, 2.45) is 5.16 Å². The number of nitrogens with zero attached hydrogens (tertiary/aromatic N) is 2. The number of oxime groups is 1. The molecule has 1 heterocycles. The molecule has 32 heavy (non-hydrogen) atoms. The largest absolute Gasteiger partial charge is 0.480 e. The summed E-state index contributed by atoms with van der Waals surface area (Å²) in [6.45, 7) is -0.254. The minimum Gasteiger partial charge on any atom is -0.480 e. The molecule has 0 radical (unpaired) electrons. The second-order valence-electron chi connectivity index (χ2n) is 6.85. The molecule has 2 N–H and O–H groups in total. The molecule has 6 nitrogen and oxygen atoms in total. The van der Waals surface area contributed by atoms with Crippen LogP contribution in [0.4, 0.5) is 19.0 Å². The van der Waals surface area contributed by atoms with Gasteiger partial charge in [0.25, 0.3) is 0 Å². The normalized spacial score (nSPS) is 11.8. The van der Waals surface area contributed by atoms with Gasteiger partial charge in [-0.2, -0.15) is 13.2 Å². The zero-order valence-corrected chi connectivity index (χ0v) is 16.8. The molecule has 2 aromatic carbocycles. The third kappa shape index (κ3) is 6.83. The Hall–Kier alpha value is -3.88. The lowest BCUT2D eigenvalue weighted by atomic mass is 10.0. The van der Waals surface area contributed by atoms with Gasteiger partial charge in [0.1, 0.15) is 19.0 Å². The second kappa shape index (κ2) is 10.4. The van der Waals surface area contributed by atoms with Crippen LogP contribution in [0.5, 0.6) is 0 Å². The summed E-state index contributed by atoms with van der Waals surface area (Å²) in [6, 6.07) is 17.6. The fourth-order valence-electron chi connectivity index (χ4n) is 2.79. The molecule has 0 aliphatic rings. The average molecular weight is 443 g/mol. The van der Waals surface area contributed by atoms with Crippen LogP contribution in [0.15, 0.2) is 78.1 Å². The van der Waals surface area contributed by atoms with Gasteiger partial charge in [0.15, 0.2) is 0 Å². The number of nitrogens with one attached hydrogen (secondary N) is 1. The van der Waals surface area contributed by atoms with Gasteiger partial charge in [-0.1, -0.05) is 47.6 Å². The number of carbonyl (C=O) groups is 1. The number of aliphatic carboxylic acids is 1. The molecule has 0 bridgehead atoms. The first kappa shape index (κ1) is 22.8. The van der Waals surface area contributed by atoms with E-state index in [0.717, 1.165) is 17.7 Å². The van der Waals surface area contributed by atoms with Crippen LogP contribution >= 0.6 is 0 Å². The van der Waals surface area contributed by atoms with Crippen LogP contribution in [-0.2, 0) is 28.8 Å². The van der Waals surface area contributed by atoms with Crippen molar-refractivity contribution in [3.8, 4) is 0 Å². The molecule has 0 fully saturated rings. The number of anilines is 1. The van der Waals surface area contributed by atoms with E-state index in [9.17, 15) is 18.0 Å². The van der Waals surface area contributed by atoms with Gasteiger partial charge in [-0.3, -0.25) is 4.79 Å². The maximum atomic E-state index is 12.7. The Labute approximate surface area is 182 Å². The first-order valence-electron chi connectivity index (χ1n) is 9.62. The van der Waals surface area contributed by atoms with Gasteiger partial charge in [-0.15, -0.1) is 0 Å². The summed E-state index contributed by atoms with van der Waals surface area (Å²) < 4.78 is 38.1. The fourth-order valence-corrected chi connectivity index (χ4v) is 2.79. The van der Waals surface area contributed by atoms with E-state index in [0.29, 0.717) is 29.1 Å². The monoisotopic (exact) mass is 443 g/mol. The molecule has 9 heteroatoms. The Morgan fingerprint density at radius 1 is 1.00 bits per heavy atom. The number of rotatable bonds is 9. The van der Waals surface area contributed by atoms with E-state index in [-0.39, 0.29) is 13.2 Å². The van der Waals surface area contributed by atoms with Crippen molar-refractivity contribution in [2.75, 3.05) is 11.9 Å². The van der Waals surface area contributed by atoms with Gasteiger partial charge < -0.3 is 15.3 Å². The Kier molecular flexibility index (Phi) is 7.43. The van der Waals surface area contributed by atoms with E-state index in [1.54, 1.807) is 18.3 Å². The molecule has 0 saturated heterocycles. The highest BCUT2D eigenvalue weighted by Gasteiger charge is 2.29. The third-order valence-electron chi connectivity index (χ3n) is 4.42. The lowest BCUT2D eigenvalue weighted by Crippen LogP contribution is -2.13. The smallest absolute Gasteiger partial charge is 0.416 e. The summed E-state index contributed by atoms with van der Waals surface area (Å²) in [5.41, 5.74) is 2.05. The number of pyridine rings is 1. The van der Waals surface area contributed by atoms with Crippen molar-refractivity contribution in [1.29, 1.82) is 0 Å². The number of hydrogen-bond acceptors (Lipinski definition) is 5. The predicted octanol–water partition coefficient (Wildman–Crippen LogP) is 4.76. The fraction of sp³-hybridized carbons (Fsp3) is 0.174. The van der Waals surface area contributed by atoms with E-state index < -0.39 is 17.7 Å². The summed E-state index contributed by atoms with van der Waals surface area (Å²) in [7, 11) is 0. The van der Waals surface area contributed by atoms with E-state index in [1.165, 1.54) is 12.1 Å². The van der Waals surface area contributed by atoms with Gasteiger partial charge in [0.2, 0.25) is 0 Å². The molecule has 0 atom stereocenters. The van der Waals surface area contributed by atoms with Gasteiger partial charge in [-0.05, 0) is 35.4 Å². The van der Waals surface area contributed by atoms with Crippen molar-refractivity contribution in [3.05, 3.63) is 95.2 Å². The summed E-state index contributed by atoms with van der Waals surface area (Å²) in [5, 5.41) is 15.6. The first-order valence-corrected chi connectivity index (χ1v) is 9.62. The van der Waals surface area contributed by atoms with Crippen LogP contribution < -0.4 is 5.32 Å². The summed E-state index contributed by atoms with van der Waals surface area (Å²) in [5.74, 6) is -0.597. The van der Waals surface area contributed by atoms with Crippen molar-refractivity contribution >= 4 is 17.5 Å². The average Bonchev–Trinajstić information content (AvgIpc) is 2.78. The molecule has 3 aromatic rings. The van der Waals surface area contributed by atoms with Crippen LogP contribution in [0.1, 0.15) is 22.3 Å². The Morgan fingerprint density at radius 2 is 1.72 bits per heavy atom. The second-order valence-corrected chi connectivity index (χ2v) is 6.85. The highest BCUT2D eigenvalue weighted by Crippen LogP contribution is 2.29. The lowest BCUT2D eigenvalue weighted by Gasteiger charge is -2.10. The number of benzene rings is 2. The molecule has 0 spiro atoms. The third-order valence-corrected chi connectivity index (χ3v) is 4.42. The molecule has 3 rings (SSSR count). The van der Waals surface area contributed by atoms with Crippen LogP contribution in [0.25, 0.3) is 0 Å². The van der Waals surface area contributed by atoms with Crippen LogP contribution in [0.3, 0.4) is 0 Å². The molecular weight excluding hydrogens is 423 g/mol. The molecular formula is C23H20F3N3O3. The van der Waals surface area contributed by atoms with Gasteiger partial charge in [0.05, 0.1) is 11.3 Å². The van der Waals surface area contributed by atoms with E-state index in [4.69, 9.17) is 9.94 Å². The van der Waals surface area contributed by atoms with Crippen molar-refractivity contribution < 1.29 is 27.9 Å². The number of carboxylic acid groups (broad SMARTS) is 1. The number of carboxylic acids is 1. The number of alkyl halides is 3. The van der Waals surface area contributed by atoms with Gasteiger partial charge in [0, 0.05) is 18.2 Å². The van der Waals surface area contributed by atoms with Crippen molar-refractivity contribution in [2.45, 2.75) is 19.2 Å².